The maximum absolute atomic E-state index is 12.9. The molecule has 0 spiro atoms. The maximum atomic E-state index is 12.9. The number of rotatable bonds is 2. The predicted molar refractivity (Wildman–Crippen MR) is 48.2 cm³/mol. The lowest BCUT2D eigenvalue weighted by Gasteiger charge is -2.07. The summed E-state index contributed by atoms with van der Waals surface area (Å²) < 4.78 is 58.7. The van der Waals surface area contributed by atoms with Gasteiger partial charge in [0.1, 0.15) is 0 Å². The van der Waals surface area contributed by atoms with Crippen molar-refractivity contribution >= 4 is 26.0 Å². The van der Waals surface area contributed by atoms with Gasteiger partial charge in [0.2, 0.25) is 16.0 Å². The number of nitrogens with zero attached hydrogens (tertiary/aromatic N) is 1. The number of halogens is 4. The Morgan fingerprint density at radius 3 is 2.40 bits per heavy atom. The summed E-state index contributed by atoms with van der Waals surface area (Å²) in [6.45, 7) is 0. The summed E-state index contributed by atoms with van der Waals surface area (Å²) in [5.74, 6) is -1.42. The Bertz CT molecular complexity index is 491. The van der Waals surface area contributed by atoms with Crippen LogP contribution in [0.3, 0.4) is 0 Å². The largest absolute Gasteiger partial charge is 0.266 e. The van der Waals surface area contributed by atoms with E-state index in [9.17, 15) is 21.6 Å². The fourth-order valence-electron chi connectivity index (χ4n) is 0.858. The highest BCUT2D eigenvalue weighted by Gasteiger charge is 2.25. The molecule has 0 saturated heterocycles. The van der Waals surface area contributed by atoms with E-state index in [1.807, 2.05) is 0 Å². The monoisotopic (exact) mass is 304 g/mol. The van der Waals surface area contributed by atoms with Gasteiger partial charge in [0, 0.05) is 6.20 Å². The molecule has 0 saturated carbocycles. The van der Waals surface area contributed by atoms with Crippen LogP contribution in [0.15, 0.2) is 15.6 Å². The number of alkyl halides is 2. The van der Waals surface area contributed by atoms with Crippen LogP contribution in [-0.2, 0) is 10.0 Å². The highest BCUT2D eigenvalue weighted by atomic mass is 79.9. The van der Waals surface area contributed by atoms with Gasteiger partial charge >= 0.3 is 0 Å². The second-order valence-electron chi connectivity index (χ2n) is 2.49. The van der Waals surface area contributed by atoms with Crippen LogP contribution < -0.4 is 5.14 Å². The Kier molecular flexibility index (Phi) is 3.36. The fourth-order valence-corrected chi connectivity index (χ4v) is 2.63. The van der Waals surface area contributed by atoms with E-state index < -0.39 is 37.3 Å². The molecule has 0 atom stereocenters. The topological polar surface area (TPSA) is 73.1 Å². The minimum atomic E-state index is -4.44. The van der Waals surface area contributed by atoms with Crippen molar-refractivity contribution in [3.05, 3.63) is 22.2 Å². The summed E-state index contributed by atoms with van der Waals surface area (Å²) in [6, 6.07) is 0. The molecular formula is C6H4BrF3N2O2S. The van der Waals surface area contributed by atoms with Crippen molar-refractivity contribution in [2.45, 2.75) is 11.3 Å². The fraction of sp³-hybridized carbons (Fsp3) is 0.167. The molecule has 0 bridgehead atoms. The van der Waals surface area contributed by atoms with Gasteiger partial charge in [-0.15, -0.1) is 0 Å². The minimum absolute atomic E-state index is 0.540. The van der Waals surface area contributed by atoms with Gasteiger partial charge in [-0.1, -0.05) is 0 Å². The third kappa shape index (κ3) is 2.47. The first kappa shape index (κ1) is 12.4. The summed E-state index contributed by atoms with van der Waals surface area (Å²) in [4.78, 5) is 1.82. The summed E-state index contributed by atoms with van der Waals surface area (Å²) in [6.07, 6.45) is -2.44. The van der Waals surface area contributed by atoms with Crippen LogP contribution in [0.5, 0.6) is 0 Å². The number of pyridine rings is 1. The average Bonchev–Trinajstić information content (AvgIpc) is 2.00. The molecular weight excluding hydrogens is 301 g/mol. The summed E-state index contributed by atoms with van der Waals surface area (Å²) in [5.41, 5.74) is -0.736. The van der Waals surface area contributed by atoms with Gasteiger partial charge in [0.05, 0.1) is 10.0 Å². The van der Waals surface area contributed by atoms with E-state index in [2.05, 4.69) is 26.1 Å². The number of aromatic nitrogens is 1. The molecule has 9 heteroatoms. The van der Waals surface area contributed by atoms with Crippen molar-refractivity contribution < 1.29 is 21.6 Å². The third-order valence-corrected chi connectivity index (χ3v) is 3.54. The molecule has 4 nitrogen and oxygen atoms in total. The van der Waals surface area contributed by atoms with Crippen molar-refractivity contribution in [1.29, 1.82) is 0 Å². The van der Waals surface area contributed by atoms with Gasteiger partial charge in [0.15, 0.2) is 4.90 Å². The Balaban J connectivity index is 3.59. The zero-order valence-corrected chi connectivity index (χ0v) is 9.32. The number of primary sulfonamides is 1. The van der Waals surface area contributed by atoms with Crippen LogP contribution in [0.2, 0.25) is 0 Å². The molecule has 0 aliphatic carbocycles. The van der Waals surface area contributed by atoms with E-state index >= 15 is 0 Å². The normalized spacial score (nSPS) is 12.1. The van der Waals surface area contributed by atoms with Gasteiger partial charge in [0.25, 0.3) is 6.43 Å². The molecule has 0 aromatic carbocycles. The van der Waals surface area contributed by atoms with E-state index in [0.717, 1.165) is 0 Å². The lowest BCUT2D eigenvalue weighted by molar-refractivity contribution is 0.149. The molecule has 1 rings (SSSR count). The van der Waals surface area contributed by atoms with Crippen LogP contribution in [0, 0.1) is 5.95 Å². The second-order valence-corrected chi connectivity index (χ2v) is 4.78. The number of hydrogen-bond acceptors (Lipinski definition) is 3. The van der Waals surface area contributed by atoms with E-state index in [-0.39, 0.29) is 0 Å². The van der Waals surface area contributed by atoms with Crippen molar-refractivity contribution in [2.75, 3.05) is 0 Å². The molecule has 0 radical (unpaired) electrons. The standard InChI is InChI=1S/C6H4BrF3N2O2S/c7-3-2(5(8)9)1-12-6(10)4(3)15(11,13)14/h1,5H,(H2,11,13,14). The number of sulfonamides is 1. The first-order chi connectivity index (χ1) is 6.75. The maximum Gasteiger partial charge on any atom is 0.266 e. The van der Waals surface area contributed by atoms with Gasteiger partial charge in [-0.3, -0.25) is 0 Å². The molecule has 0 fully saturated rings. The third-order valence-electron chi connectivity index (χ3n) is 1.48. The van der Waals surface area contributed by atoms with E-state index in [1.165, 1.54) is 0 Å². The first-order valence-corrected chi connectivity index (χ1v) is 5.74. The van der Waals surface area contributed by atoms with Crippen molar-refractivity contribution in [1.82, 2.24) is 4.98 Å². The van der Waals surface area contributed by atoms with Crippen LogP contribution in [0.25, 0.3) is 0 Å². The Morgan fingerprint density at radius 1 is 1.47 bits per heavy atom. The SMILES string of the molecule is NS(=O)(=O)c1c(F)ncc(C(F)F)c1Br. The van der Waals surface area contributed by atoms with Gasteiger partial charge in [-0.25, -0.2) is 27.3 Å². The molecule has 0 unspecified atom stereocenters. The van der Waals surface area contributed by atoms with Gasteiger partial charge < -0.3 is 0 Å². The smallest absolute Gasteiger partial charge is 0.227 e. The van der Waals surface area contributed by atoms with Crippen LogP contribution in [0.1, 0.15) is 12.0 Å². The lowest BCUT2D eigenvalue weighted by Crippen LogP contribution is -2.16. The first-order valence-electron chi connectivity index (χ1n) is 3.40. The Hall–Kier alpha value is -0.670. The van der Waals surface area contributed by atoms with Crippen LogP contribution in [-0.4, -0.2) is 13.4 Å². The highest BCUT2D eigenvalue weighted by Crippen LogP contribution is 2.32. The molecule has 0 amide bonds. The zero-order valence-electron chi connectivity index (χ0n) is 6.92. The van der Waals surface area contributed by atoms with Gasteiger partial charge in [-0.2, -0.15) is 4.39 Å². The van der Waals surface area contributed by atoms with E-state index in [1.54, 1.807) is 0 Å². The zero-order chi connectivity index (χ0) is 11.8. The highest BCUT2D eigenvalue weighted by molar-refractivity contribution is 9.10. The molecule has 2 N–H and O–H groups in total. The van der Waals surface area contributed by atoms with Crippen molar-refractivity contribution in [3.8, 4) is 0 Å². The van der Waals surface area contributed by atoms with Gasteiger partial charge in [-0.05, 0) is 15.9 Å². The van der Waals surface area contributed by atoms with Crippen LogP contribution >= 0.6 is 15.9 Å². The van der Waals surface area contributed by atoms with E-state index in [4.69, 9.17) is 0 Å². The van der Waals surface area contributed by atoms with Crippen molar-refractivity contribution in [2.24, 2.45) is 5.14 Å². The Labute approximate surface area is 91.5 Å². The van der Waals surface area contributed by atoms with Crippen molar-refractivity contribution in [3.63, 3.8) is 0 Å². The summed E-state index contributed by atoms with van der Waals surface area (Å²) in [7, 11) is -4.44. The molecule has 0 aliphatic rings. The van der Waals surface area contributed by atoms with Crippen LogP contribution in [0.4, 0.5) is 13.2 Å². The molecule has 84 valence electrons. The lowest BCUT2D eigenvalue weighted by atomic mass is 10.3. The number of nitrogens with two attached hydrogens (primary N) is 1. The summed E-state index contributed by atoms with van der Waals surface area (Å²) in [5, 5.41) is 4.64. The molecule has 1 aromatic heterocycles. The second kappa shape index (κ2) is 4.06. The molecule has 1 aromatic rings. The minimum Gasteiger partial charge on any atom is -0.227 e. The molecule has 0 aliphatic heterocycles. The number of hydrogen-bond donors (Lipinski definition) is 1. The Morgan fingerprint density at radius 2 is 2.00 bits per heavy atom. The molecule has 1 heterocycles. The summed E-state index contributed by atoms with van der Waals surface area (Å²) >= 11 is 2.55. The molecule has 15 heavy (non-hydrogen) atoms. The van der Waals surface area contributed by atoms with E-state index in [0.29, 0.717) is 6.20 Å². The average molecular weight is 305 g/mol. The predicted octanol–water partition coefficient (Wildman–Crippen LogP) is 1.57. The quantitative estimate of drug-likeness (QED) is 0.843.